The highest BCUT2D eigenvalue weighted by molar-refractivity contribution is 6.86. The first-order valence-corrected chi connectivity index (χ1v) is 13.3. The van der Waals surface area contributed by atoms with Gasteiger partial charge in [-0.2, -0.15) is 0 Å². The van der Waals surface area contributed by atoms with Gasteiger partial charge >= 0.3 is 17.1 Å². The molecule has 0 saturated carbocycles. The van der Waals surface area contributed by atoms with Crippen LogP contribution in [0.2, 0.25) is 17.8 Å². The van der Waals surface area contributed by atoms with Crippen molar-refractivity contribution < 1.29 is 17.7 Å². The highest BCUT2D eigenvalue weighted by atomic mass is 28.4. The van der Waals surface area contributed by atoms with Gasteiger partial charge in [0.1, 0.15) is 0 Å². The summed E-state index contributed by atoms with van der Waals surface area (Å²) >= 11 is 0. The van der Waals surface area contributed by atoms with Gasteiger partial charge in [-0.15, -0.1) is 0 Å². The van der Waals surface area contributed by atoms with Gasteiger partial charge in [0.25, 0.3) is 0 Å². The molecule has 0 amide bonds. The Hall–Kier alpha value is -0.246. The van der Waals surface area contributed by atoms with Gasteiger partial charge in [-0.25, -0.2) is 0 Å². The molecule has 0 aromatic rings. The van der Waals surface area contributed by atoms with Crippen LogP contribution < -0.4 is 0 Å². The van der Waals surface area contributed by atoms with Gasteiger partial charge < -0.3 is 17.7 Å². The molecule has 0 aliphatic rings. The van der Waals surface area contributed by atoms with Crippen LogP contribution in [0.15, 0.2) is 24.3 Å². The maximum atomic E-state index is 6.22. The molecule has 0 atom stereocenters. The fourth-order valence-corrected chi connectivity index (χ4v) is 12.7. The maximum Gasteiger partial charge on any atom is 0.343 e. The van der Waals surface area contributed by atoms with E-state index < -0.39 is 17.1 Å². The van der Waals surface area contributed by atoms with Crippen molar-refractivity contribution in [2.24, 2.45) is 0 Å². The molecule has 0 fully saturated rings. The molecule has 0 N–H and O–H groups in total. The SMILES string of the molecule is CC=CC[Si](C[Si](CC=CC)(OCC)OCC)(OCC)OCC. The van der Waals surface area contributed by atoms with Crippen LogP contribution >= 0.6 is 0 Å². The van der Waals surface area contributed by atoms with Crippen molar-refractivity contribution in [2.45, 2.75) is 59.3 Å². The van der Waals surface area contributed by atoms with E-state index in [9.17, 15) is 0 Å². The monoisotopic (exact) mass is 360 g/mol. The molecule has 23 heavy (non-hydrogen) atoms. The summed E-state index contributed by atoms with van der Waals surface area (Å²) in [4.78, 5) is 0. The molecule has 4 nitrogen and oxygen atoms in total. The fraction of sp³-hybridized carbons (Fsp3) is 0.765. The summed E-state index contributed by atoms with van der Waals surface area (Å²) in [5.41, 5.74) is 0.804. The summed E-state index contributed by atoms with van der Waals surface area (Å²) in [7, 11) is -4.77. The van der Waals surface area contributed by atoms with Crippen LogP contribution in [0.25, 0.3) is 0 Å². The molecule has 6 heteroatoms. The lowest BCUT2D eigenvalue weighted by molar-refractivity contribution is 0.165. The van der Waals surface area contributed by atoms with E-state index in [0.717, 1.165) is 17.8 Å². The van der Waals surface area contributed by atoms with E-state index in [2.05, 4.69) is 24.3 Å². The Morgan fingerprint density at radius 3 is 1.13 bits per heavy atom. The lowest BCUT2D eigenvalue weighted by atomic mass is 10.6. The minimum absolute atomic E-state index is 0.663. The third-order valence-corrected chi connectivity index (χ3v) is 12.8. The normalized spacial score (nSPS) is 13.5. The van der Waals surface area contributed by atoms with Crippen molar-refractivity contribution in [2.75, 3.05) is 26.4 Å². The van der Waals surface area contributed by atoms with Crippen molar-refractivity contribution in [3.63, 3.8) is 0 Å². The van der Waals surface area contributed by atoms with Crippen molar-refractivity contribution in [3.8, 4) is 0 Å². The topological polar surface area (TPSA) is 36.9 Å². The molecule has 0 heterocycles. The van der Waals surface area contributed by atoms with E-state index in [4.69, 9.17) is 17.7 Å². The standard InChI is InChI=1S/C17H36O4Si2/c1-7-13-15-22(18-9-3,19-10-4)17-23(20-11-5,21-12-6)16-14-8-2/h7-8,13-14H,9-12,15-17H2,1-6H3. The Morgan fingerprint density at radius 2 is 0.913 bits per heavy atom. The molecular formula is C17H36O4Si2. The first-order valence-electron chi connectivity index (χ1n) is 8.85. The first-order chi connectivity index (χ1) is 11.1. The Kier molecular flexibility index (Phi) is 13.0. The fourth-order valence-electron chi connectivity index (χ4n) is 2.72. The van der Waals surface area contributed by atoms with Crippen molar-refractivity contribution in [1.29, 1.82) is 0 Å². The molecule has 0 aromatic heterocycles. The second kappa shape index (κ2) is 13.1. The molecule has 0 bridgehead atoms. The average Bonchev–Trinajstić information content (AvgIpc) is 2.52. The van der Waals surface area contributed by atoms with Crippen LogP contribution in [0, 0.1) is 0 Å². The second-order valence-corrected chi connectivity index (χ2v) is 12.3. The largest absolute Gasteiger partial charge is 0.394 e. The Balaban J connectivity index is 5.57. The second-order valence-electron chi connectivity index (χ2n) is 5.28. The smallest absolute Gasteiger partial charge is 0.343 e. The zero-order valence-electron chi connectivity index (χ0n) is 15.9. The molecule has 0 spiro atoms. The minimum atomic E-state index is -2.39. The van der Waals surface area contributed by atoms with Crippen LogP contribution in [-0.2, 0) is 17.7 Å². The predicted molar refractivity (Wildman–Crippen MR) is 102 cm³/mol. The Labute approximate surface area is 145 Å². The van der Waals surface area contributed by atoms with Gasteiger partial charge in [-0.05, 0) is 41.5 Å². The molecule has 0 rings (SSSR count). The molecule has 0 aliphatic heterocycles. The van der Waals surface area contributed by atoms with E-state index >= 15 is 0 Å². The summed E-state index contributed by atoms with van der Waals surface area (Å²) in [5, 5.41) is 0. The van der Waals surface area contributed by atoms with Gasteiger partial charge in [0, 0.05) is 44.2 Å². The van der Waals surface area contributed by atoms with Gasteiger partial charge in [0.05, 0.1) is 0 Å². The summed E-state index contributed by atoms with van der Waals surface area (Å²) in [6.07, 6.45) is 8.45. The quantitative estimate of drug-likeness (QED) is 0.332. The Morgan fingerprint density at radius 1 is 0.609 bits per heavy atom. The van der Waals surface area contributed by atoms with Crippen molar-refractivity contribution in [3.05, 3.63) is 24.3 Å². The molecule has 0 aliphatic carbocycles. The summed E-state index contributed by atoms with van der Waals surface area (Å²) < 4.78 is 24.9. The van der Waals surface area contributed by atoms with E-state index in [1.165, 1.54) is 0 Å². The van der Waals surface area contributed by atoms with Gasteiger partial charge in [-0.1, -0.05) is 24.3 Å². The average molecular weight is 361 g/mol. The third kappa shape index (κ3) is 8.42. The molecule has 136 valence electrons. The molecular weight excluding hydrogens is 324 g/mol. The number of allylic oxidation sites excluding steroid dienone is 4. The summed E-state index contributed by atoms with van der Waals surface area (Å²) in [6, 6.07) is 1.69. The first kappa shape index (κ1) is 22.8. The summed E-state index contributed by atoms with van der Waals surface area (Å²) in [5.74, 6) is 0. The van der Waals surface area contributed by atoms with E-state index in [1.807, 2.05) is 41.5 Å². The van der Waals surface area contributed by atoms with E-state index in [0.29, 0.717) is 26.4 Å². The molecule has 0 radical (unpaired) electrons. The number of rotatable bonds is 14. The van der Waals surface area contributed by atoms with Crippen LogP contribution in [-0.4, -0.2) is 43.5 Å². The zero-order chi connectivity index (χ0) is 17.6. The van der Waals surface area contributed by atoms with Crippen LogP contribution in [0.1, 0.15) is 41.5 Å². The molecule has 0 unspecified atom stereocenters. The number of hydrogen-bond donors (Lipinski definition) is 0. The van der Waals surface area contributed by atoms with Gasteiger partial charge in [0.2, 0.25) is 0 Å². The maximum absolute atomic E-state index is 6.22. The number of hydrogen-bond acceptors (Lipinski definition) is 4. The summed E-state index contributed by atoms with van der Waals surface area (Å²) in [6.45, 7) is 14.9. The van der Waals surface area contributed by atoms with Gasteiger partial charge in [0.15, 0.2) is 0 Å². The third-order valence-electron chi connectivity index (χ3n) is 3.50. The van der Waals surface area contributed by atoms with Crippen LogP contribution in [0.5, 0.6) is 0 Å². The van der Waals surface area contributed by atoms with E-state index in [-0.39, 0.29) is 0 Å². The van der Waals surface area contributed by atoms with Crippen molar-refractivity contribution in [1.82, 2.24) is 0 Å². The van der Waals surface area contributed by atoms with Gasteiger partial charge in [-0.3, -0.25) is 0 Å². The predicted octanol–water partition coefficient (Wildman–Crippen LogP) is 4.71. The highest BCUT2D eigenvalue weighted by Gasteiger charge is 2.49. The minimum Gasteiger partial charge on any atom is -0.394 e. The Bertz CT molecular complexity index is 301. The van der Waals surface area contributed by atoms with Crippen molar-refractivity contribution >= 4 is 17.1 Å². The lowest BCUT2D eigenvalue weighted by Crippen LogP contribution is -2.54. The lowest BCUT2D eigenvalue weighted by Gasteiger charge is -2.37. The molecule has 0 saturated heterocycles. The highest BCUT2D eigenvalue weighted by Crippen LogP contribution is 2.31. The van der Waals surface area contributed by atoms with E-state index in [1.54, 1.807) is 0 Å². The zero-order valence-corrected chi connectivity index (χ0v) is 17.9. The molecule has 0 aromatic carbocycles. The van der Waals surface area contributed by atoms with Crippen LogP contribution in [0.4, 0.5) is 0 Å². The van der Waals surface area contributed by atoms with Crippen LogP contribution in [0.3, 0.4) is 0 Å².